The third-order valence-electron chi connectivity index (χ3n) is 10.9. The lowest BCUT2D eigenvalue weighted by Gasteiger charge is -2.27. The molecule has 1 aliphatic heterocycles. The van der Waals surface area contributed by atoms with Crippen LogP contribution in [0.1, 0.15) is 62.3 Å². The van der Waals surface area contributed by atoms with Gasteiger partial charge in [0.1, 0.15) is 36.3 Å². The third kappa shape index (κ3) is 15.2. The van der Waals surface area contributed by atoms with Crippen molar-refractivity contribution < 1.29 is 38.4 Å². The number of para-hydroxylation sites is 1. The van der Waals surface area contributed by atoms with E-state index in [-0.39, 0.29) is 76.8 Å². The van der Waals surface area contributed by atoms with E-state index in [1.54, 1.807) is 36.5 Å². The smallest absolute Gasteiger partial charge is 0.243 e. The molecule has 0 bridgehead atoms. The number of benzene rings is 2. The molecule has 0 saturated carbocycles. The summed E-state index contributed by atoms with van der Waals surface area (Å²) in [6, 6.07) is 8.30. The van der Waals surface area contributed by atoms with Gasteiger partial charge in [0.05, 0.1) is 12.0 Å². The van der Waals surface area contributed by atoms with Crippen LogP contribution in [-0.4, -0.2) is 118 Å². The molecule has 3 unspecified atom stereocenters. The van der Waals surface area contributed by atoms with Gasteiger partial charge in [-0.3, -0.25) is 43.8 Å². The van der Waals surface area contributed by atoms with Crippen molar-refractivity contribution in [2.45, 2.75) is 101 Å². The molecule has 0 aliphatic carbocycles. The van der Waals surface area contributed by atoms with Crippen LogP contribution in [0.4, 0.5) is 0 Å². The van der Waals surface area contributed by atoms with Gasteiger partial charge in [0, 0.05) is 69.0 Å². The maximum atomic E-state index is 14.5. The second-order valence-corrected chi connectivity index (χ2v) is 16.0. The summed E-state index contributed by atoms with van der Waals surface area (Å²) in [5.41, 5.74) is 13.7. The topological polar surface area (TPSA) is 353 Å². The minimum atomic E-state index is -1.35. The van der Waals surface area contributed by atoms with E-state index >= 15 is 0 Å². The second kappa shape index (κ2) is 24.3. The fourth-order valence-electron chi connectivity index (χ4n) is 7.47. The Kier molecular flexibility index (Phi) is 18.2. The second-order valence-electron chi connectivity index (χ2n) is 16.0. The van der Waals surface area contributed by atoms with Gasteiger partial charge in [0.25, 0.3) is 0 Å². The Morgan fingerprint density at radius 1 is 0.758 bits per heavy atom. The molecule has 352 valence electrons. The molecule has 22 heteroatoms. The molecular weight excluding hydrogens is 853 g/mol. The van der Waals surface area contributed by atoms with E-state index in [4.69, 9.17) is 16.9 Å². The maximum Gasteiger partial charge on any atom is 0.243 e. The zero-order valence-electron chi connectivity index (χ0n) is 36.5. The van der Waals surface area contributed by atoms with Crippen LogP contribution < -0.4 is 54.0 Å². The van der Waals surface area contributed by atoms with Crippen molar-refractivity contribution in [3.63, 3.8) is 0 Å². The standard InChI is InChI=1S/C44H58N14O8/c1-25(59)53-33-15-16-37(60)49-17-7-13-31(38(45)61)54-42(65)35(20-27-22-51-30-12-6-5-11-29(27)30)57-39(62)32(14-8-18-50-44(46)47)55-41(64)34(19-26-9-3-2-4-10-26)56-43(66)36(58-40(33)63)21-28-23-48-24-52-28/h2-6,9-12,22-24,31-36,51H,7-8,13-21H2,1H3,(H2,45,61)(H,48,52)(H,49,60)(H,53,59)(H,54,65)(H,55,64)(H,56,66)(H,57,62)(H,58,63)(H4,46,47,50)/t31?,32-,33?,34?,35-,36-/m0/s1. The lowest BCUT2D eigenvalue weighted by Crippen LogP contribution is -2.60. The number of imidazole rings is 1. The number of carbonyl (C=O) groups is 8. The minimum Gasteiger partial charge on any atom is -0.370 e. The van der Waals surface area contributed by atoms with Crippen LogP contribution in [0.5, 0.6) is 0 Å². The monoisotopic (exact) mass is 910 g/mol. The maximum absolute atomic E-state index is 14.5. The van der Waals surface area contributed by atoms with Crippen LogP contribution in [-0.2, 0) is 57.6 Å². The average Bonchev–Trinajstić information content (AvgIpc) is 3.96. The van der Waals surface area contributed by atoms with Crippen LogP contribution in [0.2, 0.25) is 0 Å². The van der Waals surface area contributed by atoms with Crippen LogP contribution in [0, 0.1) is 5.41 Å². The molecule has 2 aromatic carbocycles. The van der Waals surface area contributed by atoms with Crippen molar-refractivity contribution in [3.8, 4) is 0 Å². The predicted octanol–water partition coefficient (Wildman–Crippen LogP) is -1.71. The van der Waals surface area contributed by atoms with Crippen LogP contribution in [0.3, 0.4) is 0 Å². The number of H-pyrrole nitrogens is 2. The number of aromatic nitrogens is 3. The van der Waals surface area contributed by atoms with Crippen LogP contribution >= 0.6 is 0 Å². The molecule has 0 radical (unpaired) electrons. The first-order valence-corrected chi connectivity index (χ1v) is 21.7. The van der Waals surface area contributed by atoms with Crippen molar-refractivity contribution in [1.29, 1.82) is 5.41 Å². The first kappa shape index (κ1) is 49.2. The van der Waals surface area contributed by atoms with Crippen molar-refractivity contribution in [2.24, 2.45) is 11.5 Å². The SMILES string of the molecule is CC(=O)NC1CCC(=O)NCCCC(C(N)=O)NC(=O)[C@H](Cc2c[nH]c3ccccc23)NC(=O)[C@H](CCCNC(=N)N)NC(=O)C(Cc2ccccc2)NC(=O)[C@H](Cc2c[nH]cn2)NC1=O. The van der Waals surface area contributed by atoms with Gasteiger partial charge in [-0.05, 0) is 49.3 Å². The Morgan fingerprint density at radius 2 is 1.39 bits per heavy atom. The summed E-state index contributed by atoms with van der Waals surface area (Å²) in [5.74, 6) is -6.12. The first-order chi connectivity index (χ1) is 31.7. The summed E-state index contributed by atoms with van der Waals surface area (Å²) >= 11 is 0. The highest BCUT2D eigenvalue weighted by molar-refractivity contribution is 5.97. The van der Waals surface area contributed by atoms with Gasteiger partial charge in [-0.25, -0.2) is 4.98 Å². The van der Waals surface area contributed by atoms with E-state index < -0.39 is 83.5 Å². The number of guanidine groups is 1. The highest BCUT2D eigenvalue weighted by Gasteiger charge is 2.34. The number of carbonyl (C=O) groups excluding carboxylic acids is 8. The average molecular weight is 911 g/mol. The Morgan fingerprint density at radius 3 is 2.08 bits per heavy atom. The Labute approximate surface area is 380 Å². The molecule has 6 atom stereocenters. The number of hydrogen-bond acceptors (Lipinski definition) is 10. The van der Waals surface area contributed by atoms with Crippen molar-refractivity contribution in [1.82, 2.24) is 57.5 Å². The number of hydrogen-bond donors (Lipinski definition) is 13. The molecule has 4 aromatic rings. The number of amides is 8. The summed E-state index contributed by atoms with van der Waals surface area (Å²) in [6.45, 7) is 1.40. The number of nitrogens with one attached hydrogen (secondary N) is 11. The summed E-state index contributed by atoms with van der Waals surface area (Å²) in [5, 5.41) is 29.9. The van der Waals surface area contributed by atoms with Gasteiger partial charge >= 0.3 is 0 Å². The molecule has 5 rings (SSSR count). The minimum absolute atomic E-state index is 0.00901. The molecule has 1 fully saturated rings. The zero-order chi connectivity index (χ0) is 47.6. The van der Waals surface area contributed by atoms with E-state index in [1.165, 1.54) is 19.4 Å². The van der Waals surface area contributed by atoms with Crippen molar-refractivity contribution in [2.75, 3.05) is 13.1 Å². The van der Waals surface area contributed by atoms with Crippen molar-refractivity contribution >= 4 is 64.1 Å². The van der Waals surface area contributed by atoms with Gasteiger partial charge < -0.3 is 64.0 Å². The van der Waals surface area contributed by atoms with Gasteiger partial charge in [-0.2, -0.15) is 0 Å². The zero-order valence-corrected chi connectivity index (χ0v) is 36.5. The molecule has 1 saturated heterocycles. The number of nitrogens with two attached hydrogens (primary N) is 2. The van der Waals surface area contributed by atoms with Crippen LogP contribution in [0.15, 0.2) is 73.3 Å². The molecule has 22 nitrogen and oxygen atoms in total. The van der Waals surface area contributed by atoms with Gasteiger partial charge in [-0.15, -0.1) is 0 Å². The fourth-order valence-corrected chi connectivity index (χ4v) is 7.47. The molecule has 15 N–H and O–H groups in total. The largest absolute Gasteiger partial charge is 0.370 e. The number of nitrogens with zero attached hydrogens (tertiary/aromatic N) is 1. The van der Waals surface area contributed by atoms with E-state index in [1.807, 2.05) is 24.3 Å². The number of aromatic amines is 2. The Balaban J connectivity index is 1.53. The summed E-state index contributed by atoms with van der Waals surface area (Å²) in [6.07, 6.45) is 4.36. The molecule has 8 amide bonds. The highest BCUT2D eigenvalue weighted by atomic mass is 16.2. The quantitative estimate of drug-likeness (QED) is 0.0431. The molecule has 2 aromatic heterocycles. The number of rotatable bonds is 12. The number of fused-ring (bicyclic) bond motifs is 1. The fraction of sp³-hybridized carbons (Fsp3) is 0.409. The highest BCUT2D eigenvalue weighted by Crippen LogP contribution is 2.20. The predicted molar refractivity (Wildman–Crippen MR) is 242 cm³/mol. The summed E-state index contributed by atoms with van der Waals surface area (Å²) in [4.78, 5) is 119. The normalized spacial score (nSPS) is 22.1. The van der Waals surface area contributed by atoms with E-state index in [2.05, 4.69) is 57.5 Å². The van der Waals surface area contributed by atoms with E-state index in [0.717, 1.165) is 10.9 Å². The van der Waals surface area contributed by atoms with Crippen LogP contribution in [0.25, 0.3) is 10.9 Å². The lowest BCUT2D eigenvalue weighted by atomic mass is 10.0. The van der Waals surface area contributed by atoms with E-state index in [9.17, 15) is 38.4 Å². The van der Waals surface area contributed by atoms with E-state index in [0.29, 0.717) is 16.8 Å². The molecule has 1 aliphatic rings. The first-order valence-electron chi connectivity index (χ1n) is 21.7. The Bertz CT molecular complexity index is 2340. The summed E-state index contributed by atoms with van der Waals surface area (Å²) in [7, 11) is 0. The van der Waals surface area contributed by atoms with Gasteiger partial charge in [0.2, 0.25) is 47.3 Å². The lowest BCUT2D eigenvalue weighted by molar-refractivity contribution is -0.135. The summed E-state index contributed by atoms with van der Waals surface area (Å²) < 4.78 is 0. The van der Waals surface area contributed by atoms with Gasteiger partial charge in [-0.1, -0.05) is 48.5 Å². The van der Waals surface area contributed by atoms with Crippen molar-refractivity contribution in [3.05, 3.63) is 90.1 Å². The molecule has 66 heavy (non-hydrogen) atoms. The van der Waals surface area contributed by atoms with Gasteiger partial charge in [0.15, 0.2) is 5.96 Å². The molecule has 0 spiro atoms. The molecular formula is C44H58N14O8. The molecule has 3 heterocycles. The Hall–Kier alpha value is -7.78. The third-order valence-corrected chi connectivity index (χ3v) is 10.9. The number of primary amides is 1.